The summed E-state index contributed by atoms with van der Waals surface area (Å²) >= 11 is 0. The maximum atomic E-state index is 12.9. The van der Waals surface area contributed by atoms with E-state index in [0.717, 1.165) is 29.0 Å². The standard InChI is InChI=1S/C22H25N3O2/c1-22(2,13-20-24-17-8-4-5-9-18(17)25-20)21(26)23-14-15-11-12-27-19-10-6-3-7-16(15)19/h3-10,15H,11-14H2,1-2H3,(H,23,26)(H,24,25). The summed E-state index contributed by atoms with van der Waals surface area (Å²) in [5, 5.41) is 3.15. The van der Waals surface area contributed by atoms with Crippen molar-refractivity contribution in [1.82, 2.24) is 15.3 Å². The number of H-pyrrole nitrogens is 1. The number of para-hydroxylation sites is 3. The summed E-state index contributed by atoms with van der Waals surface area (Å²) in [4.78, 5) is 20.8. The average Bonchev–Trinajstić information content (AvgIpc) is 3.07. The van der Waals surface area contributed by atoms with Gasteiger partial charge in [0.25, 0.3) is 0 Å². The second kappa shape index (κ2) is 7.06. The molecule has 2 N–H and O–H groups in total. The number of fused-ring (bicyclic) bond motifs is 2. The Balaban J connectivity index is 1.41. The highest BCUT2D eigenvalue weighted by molar-refractivity contribution is 5.82. The molecule has 2 heterocycles. The highest BCUT2D eigenvalue weighted by atomic mass is 16.5. The van der Waals surface area contributed by atoms with E-state index in [-0.39, 0.29) is 5.91 Å². The van der Waals surface area contributed by atoms with E-state index in [1.165, 1.54) is 5.56 Å². The number of benzene rings is 2. The number of aromatic nitrogens is 2. The Morgan fingerprint density at radius 2 is 2.00 bits per heavy atom. The summed E-state index contributed by atoms with van der Waals surface area (Å²) in [5.41, 5.74) is 2.57. The second-order valence-corrected chi connectivity index (χ2v) is 7.84. The Labute approximate surface area is 159 Å². The number of aromatic amines is 1. The van der Waals surface area contributed by atoms with E-state index in [1.807, 2.05) is 56.3 Å². The Bertz CT molecular complexity index is 928. The molecule has 0 aliphatic carbocycles. The highest BCUT2D eigenvalue weighted by Crippen LogP contribution is 2.33. The molecule has 5 heteroatoms. The highest BCUT2D eigenvalue weighted by Gasteiger charge is 2.30. The van der Waals surface area contributed by atoms with Gasteiger partial charge in [0.2, 0.25) is 5.91 Å². The molecule has 1 unspecified atom stereocenters. The molecule has 2 aromatic carbocycles. The van der Waals surface area contributed by atoms with Crippen LogP contribution in [-0.4, -0.2) is 29.0 Å². The maximum Gasteiger partial charge on any atom is 0.226 e. The number of carbonyl (C=O) groups is 1. The van der Waals surface area contributed by atoms with Crippen molar-refractivity contribution in [3.05, 3.63) is 59.9 Å². The first-order valence-electron chi connectivity index (χ1n) is 9.46. The van der Waals surface area contributed by atoms with Gasteiger partial charge in [-0.05, 0) is 30.2 Å². The minimum absolute atomic E-state index is 0.0481. The van der Waals surface area contributed by atoms with E-state index in [0.29, 0.717) is 25.5 Å². The van der Waals surface area contributed by atoms with Crippen LogP contribution in [0.3, 0.4) is 0 Å². The predicted octanol–water partition coefficient (Wildman–Crippen LogP) is 3.81. The summed E-state index contributed by atoms with van der Waals surface area (Å²) in [6.45, 7) is 5.25. The third-order valence-electron chi connectivity index (χ3n) is 5.25. The molecular formula is C22H25N3O2. The minimum atomic E-state index is -0.543. The van der Waals surface area contributed by atoms with Crippen LogP contribution < -0.4 is 10.1 Å². The van der Waals surface area contributed by atoms with Crippen LogP contribution in [0.5, 0.6) is 5.75 Å². The lowest BCUT2D eigenvalue weighted by Gasteiger charge is -2.28. The van der Waals surface area contributed by atoms with E-state index in [9.17, 15) is 4.79 Å². The van der Waals surface area contributed by atoms with Crippen molar-refractivity contribution in [2.45, 2.75) is 32.6 Å². The van der Waals surface area contributed by atoms with Crippen molar-refractivity contribution in [2.75, 3.05) is 13.2 Å². The summed E-state index contributed by atoms with van der Waals surface area (Å²) in [5.74, 6) is 2.12. The summed E-state index contributed by atoms with van der Waals surface area (Å²) in [7, 11) is 0. The normalized spacial score (nSPS) is 16.6. The number of ether oxygens (including phenoxy) is 1. The molecule has 1 amide bonds. The molecule has 1 atom stereocenters. The van der Waals surface area contributed by atoms with Gasteiger partial charge in [0.1, 0.15) is 11.6 Å². The van der Waals surface area contributed by atoms with Crippen LogP contribution in [0.1, 0.15) is 37.6 Å². The zero-order valence-corrected chi connectivity index (χ0v) is 15.8. The molecule has 1 aliphatic rings. The average molecular weight is 363 g/mol. The van der Waals surface area contributed by atoms with Gasteiger partial charge >= 0.3 is 0 Å². The van der Waals surface area contributed by atoms with Gasteiger partial charge in [-0.2, -0.15) is 0 Å². The van der Waals surface area contributed by atoms with Gasteiger partial charge in [0, 0.05) is 18.9 Å². The van der Waals surface area contributed by atoms with Crippen LogP contribution in [0.15, 0.2) is 48.5 Å². The fraction of sp³-hybridized carbons (Fsp3) is 0.364. The molecule has 27 heavy (non-hydrogen) atoms. The van der Waals surface area contributed by atoms with Crippen LogP contribution >= 0.6 is 0 Å². The SMILES string of the molecule is CC(C)(Cc1nc2ccccc2[nH]1)C(=O)NCC1CCOc2ccccc21. The molecule has 0 fully saturated rings. The number of imidazole rings is 1. The van der Waals surface area contributed by atoms with Gasteiger partial charge in [-0.25, -0.2) is 4.98 Å². The quantitative estimate of drug-likeness (QED) is 0.724. The van der Waals surface area contributed by atoms with Crippen molar-refractivity contribution >= 4 is 16.9 Å². The van der Waals surface area contributed by atoms with Crippen LogP contribution in [0.25, 0.3) is 11.0 Å². The molecule has 0 spiro atoms. The monoisotopic (exact) mass is 363 g/mol. The maximum absolute atomic E-state index is 12.9. The molecule has 0 bridgehead atoms. The Kier molecular flexibility index (Phi) is 4.60. The van der Waals surface area contributed by atoms with Crippen LogP contribution in [0.2, 0.25) is 0 Å². The van der Waals surface area contributed by atoms with Crippen LogP contribution in [0.4, 0.5) is 0 Å². The van der Waals surface area contributed by atoms with Crippen LogP contribution in [0, 0.1) is 5.41 Å². The van der Waals surface area contributed by atoms with E-state index < -0.39 is 5.41 Å². The summed E-state index contributed by atoms with van der Waals surface area (Å²) < 4.78 is 5.71. The molecule has 140 valence electrons. The third-order valence-corrected chi connectivity index (χ3v) is 5.25. The number of hydrogen-bond acceptors (Lipinski definition) is 3. The topological polar surface area (TPSA) is 67.0 Å². The smallest absolute Gasteiger partial charge is 0.226 e. The molecule has 0 saturated heterocycles. The largest absolute Gasteiger partial charge is 0.493 e. The van der Waals surface area contributed by atoms with E-state index in [2.05, 4.69) is 21.4 Å². The predicted molar refractivity (Wildman–Crippen MR) is 106 cm³/mol. The lowest BCUT2D eigenvalue weighted by atomic mass is 9.87. The minimum Gasteiger partial charge on any atom is -0.493 e. The fourth-order valence-electron chi connectivity index (χ4n) is 3.67. The Morgan fingerprint density at radius 3 is 2.85 bits per heavy atom. The zero-order valence-electron chi connectivity index (χ0n) is 15.8. The molecule has 3 aromatic rings. The zero-order chi connectivity index (χ0) is 18.9. The summed E-state index contributed by atoms with van der Waals surface area (Å²) in [6.07, 6.45) is 1.49. The lowest BCUT2D eigenvalue weighted by Crippen LogP contribution is -2.41. The van der Waals surface area contributed by atoms with Crippen LogP contribution in [-0.2, 0) is 11.2 Å². The van der Waals surface area contributed by atoms with Gasteiger partial charge < -0.3 is 15.0 Å². The van der Waals surface area contributed by atoms with E-state index in [4.69, 9.17) is 4.74 Å². The van der Waals surface area contributed by atoms with E-state index in [1.54, 1.807) is 0 Å². The molecule has 0 saturated carbocycles. The number of hydrogen-bond donors (Lipinski definition) is 2. The third kappa shape index (κ3) is 3.68. The number of nitrogens with zero attached hydrogens (tertiary/aromatic N) is 1. The van der Waals surface area contributed by atoms with Crippen molar-refractivity contribution in [3.63, 3.8) is 0 Å². The number of carbonyl (C=O) groups excluding carboxylic acids is 1. The number of rotatable bonds is 5. The van der Waals surface area contributed by atoms with Gasteiger partial charge in [-0.1, -0.05) is 44.2 Å². The first-order valence-corrected chi connectivity index (χ1v) is 9.46. The van der Waals surface area contributed by atoms with Gasteiger partial charge in [-0.3, -0.25) is 4.79 Å². The Hall–Kier alpha value is -2.82. The lowest BCUT2D eigenvalue weighted by molar-refractivity contribution is -0.129. The molecular weight excluding hydrogens is 338 g/mol. The van der Waals surface area contributed by atoms with Crippen molar-refractivity contribution in [2.24, 2.45) is 5.41 Å². The molecule has 0 radical (unpaired) electrons. The van der Waals surface area contributed by atoms with Crippen molar-refractivity contribution in [1.29, 1.82) is 0 Å². The fourth-order valence-corrected chi connectivity index (χ4v) is 3.67. The van der Waals surface area contributed by atoms with Gasteiger partial charge in [0.15, 0.2) is 0 Å². The Morgan fingerprint density at radius 1 is 1.22 bits per heavy atom. The van der Waals surface area contributed by atoms with Crippen molar-refractivity contribution < 1.29 is 9.53 Å². The number of amides is 1. The van der Waals surface area contributed by atoms with Crippen molar-refractivity contribution in [3.8, 4) is 5.75 Å². The molecule has 1 aromatic heterocycles. The first-order chi connectivity index (χ1) is 13.0. The summed E-state index contributed by atoms with van der Waals surface area (Å²) in [6, 6.07) is 16.0. The molecule has 5 nitrogen and oxygen atoms in total. The first kappa shape index (κ1) is 17.6. The molecule has 4 rings (SSSR count). The van der Waals surface area contributed by atoms with E-state index >= 15 is 0 Å². The van der Waals surface area contributed by atoms with Gasteiger partial charge in [-0.15, -0.1) is 0 Å². The molecule has 1 aliphatic heterocycles. The second-order valence-electron chi connectivity index (χ2n) is 7.84. The number of nitrogens with one attached hydrogen (secondary N) is 2. The van der Waals surface area contributed by atoms with Gasteiger partial charge in [0.05, 0.1) is 23.1 Å².